The lowest BCUT2D eigenvalue weighted by molar-refractivity contribution is 0.616. The molecule has 0 aliphatic carbocycles. The molecule has 1 aliphatic rings. The van der Waals surface area contributed by atoms with Gasteiger partial charge in [0.2, 0.25) is 0 Å². The molecule has 0 atom stereocenters. The summed E-state index contributed by atoms with van der Waals surface area (Å²) in [6.45, 7) is 9.30. The van der Waals surface area contributed by atoms with E-state index in [2.05, 4.69) is 62.5 Å². The summed E-state index contributed by atoms with van der Waals surface area (Å²) in [6, 6.07) is 8.23. The standard InChI is InChI=1S/C26H42S2Si/c1-5-7-9-11-13-15-17-29(18-16-14-12-10-8-6-2)23-19-21(3)27-25(23)26-24(29)20-22(4)28-26/h19-20H,5-18H2,1-4H3. The van der Waals surface area contributed by atoms with Gasteiger partial charge in [0.05, 0.1) is 0 Å². The van der Waals surface area contributed by atoms with E-state index >= 15 is 0 Å². The van der Waals surface area contributed by atoms with E-state index in [0.29, 0.717) is 0 Å². The van der Waals surface area contributed by atoms with Crippen molar-refractivity contribution >= 4 is 41.1 Å². The van der Waals surface area contributed by atoms with Crippen molar-refractivity contribution in [3.8, 4) is 9.75 Å². The molecule has 0 aromatic carbocycles. The van der Waals surface area contributed by atoms with E-state index in [9.17, 15) is 0 Å². The molecule has 0 saturated heterocycles. The quantitative estimate of drug-likeness (QED) is 0.201. The second kappa shape index (κ2) is 11.3. The first kappa shape index (κ1) is 23.3. The van der Waals surface area contributed by atoms with Gasteiger partial charge < -0.3 is 0 Å². The summed E-state index contributed by atoms with van der Waals surface area (Å²) >= 11 is 4.16. The molecule has 2 aromatic rings. The Bertz CT molecular complexity index is 691. The molecule has 0 fully saturated rings. The predicted molar refractivity (Wildman–Crippen MR) is 138 cm³/mol. The van der Waals surface area contributed by atoms with Crippen LogP contribution in [0.4, 0.5) is 0 Å². The minimum Gasteiger partial charge on any atom is -0.140 e. The zero-order chi connectivity index (χ0) is 20.7. The smallest absolute Gasteiger partial charge is 0.122 e. The first-order valence-corrected chi connectivity index (χ1v) is 16.4. The number of hydrogen-bond donors (Lipinski definition) is 0. The second-order valence-electron chi connectivity index (χ2n) is 9.32. The van der Waals surface area contributed by atoms with Crippen LogP contribution in [0.3, 0.4) is 0 Å². The molecule has 0 spiro atoms. The molecule has 3 heteroatoms. The van der Waals surface area contributed by atoms with Crippen molar-refractivity contribution in [2.24, 2.45) is 0 Å². The maximum absolute atomic E-state index is 2.61. The first-order chi connectivity index (χ1) is 14.1. The lowest BCUT2D eigenvalue weighted by atomic mass is 10.1. The molecule has 0 bridgehead atoms. The third kappa shape index (κ3) is 5.46. The topological polar surface area (TPSA) is 0 Å². The van der Waals surface area contributed by atoms with Gasteiger partial charge in [0, 0.05) is 19.5 Å². The molecule has 1 aliphatic heterocycles. The largest absolute Gasteiger partial charge is 0.140 e. The Morgan fingerprint density at radius 3 is 1.38 bits per heavy atom. The summed E-state index contributed by atoms with van der Waals surface area (Å²) in [5.74, 6) is 0. The molecule has 2 aromatic heterocycles. The molecule has 162 valence electrons. The number of thiophene rings is 2. The highest BCUT2D eigenvalue weighted by Crippen LogP contribution is 2.42. The Hall–Kier alpha value is -0.383. The Morgan fingerprint density at radius 1 is 0.586 bits per heavy atom. The molecule has 0 nitrogen and oxygen atoms in total. The van der Waals surface area contributed by atoms with Crippen LogP contribution in [0, 0.1) is 13.8 Å². The fourth-order valence-electron chi connectivity index (χ4n) is 5.30. The maximum atomic E-state index is 2.61. The maximum Gasteiger partial charge on any atom is 0.122 e. The molecule has 0 saturated carbocycles. The van der Waals surface area contributed by atoms with Crippen LogP contribution in [-0.2, 0) is 0 Å². The average Bonchev–Trinajstić information content (AvgIpc) is 3.33. The van der Waals surface area contributed by atoms with E-state index < -0.39 is 8.07 Å². The van der Waals surface area contributed by atoms with Gasteiger partial charge in [-0.3, -0.25) is 0 Å². The van der Waals surface area contributed by atoms with Gasteiger partial charge in [-0.1, -0.05) is 90.9 Å². The molecule has 3 rings (SSSR count). The monoisotopic (exact) mass is 446 g/mol. The van der Waals surface area contributed by atoms with Gasteiger partial charge in [0.25, 0.3) is 0 Å². The van der Waals surface area contributed by atoms with Crippen LogP contribution in [0.2, 0.25) is 12.1 Å². The molecule has 0 N–H and O–H groups in total. The zero-order valence-electron chi connectivity index (χ0n) is 19.4. The van der Waals surface area contributed by atoms with Crippen LogP contribution in [0.15, 0.2) is 12.1 Å². The summed E-state index contributed by atoms with van der Waals surface area (Å²) in [6.07, 6.45) is 17.1. The number of fused-ring (bicyclic) bond motifs is 3. The van der Waals surface area contributed by atoms with Gasteiger partial charge in [0.1, 0.15) is 8.07 Å². The van der Waals surface area contributed by atoms with Gasteiger partial charge in [-0.2, -0.15) is 0 Å². The minimum atomic E-state index is -1.55. The number of unbranched alkanes of at least 4 members (excludes halogenated alkanes) is 10. The van der Waals surface area contributed by atoms with Crippen molar-refractivity contribution in [1.29, 1.82) is 0 Å². The number of hydrogen-bond acceptors (Lipinski definition) is 2. The van der Waals surface area contributed by atoms with E-state index in [0.717, 1.165) is 0 Å². The van der Waals surface area contributed by atoms with Crippen LogP contribution in [0.5, 0.6) is 0 Å². The van der Waals surface area contributed by atoms with E-state index in [1.807, 2.05) is 10.4 Å². The lowest BCUT2D eigenvalue weighted by Gasteiger charge is -2.29. The Kier molecular flexibility index (Phi) is 9.07. The third-order valence-corrected chi connectivity index (χ3v) is 14.8. The van der Waals surface area contributed by atoms with Crippen molar-refractivity contribution in [1.82, 2.24) is 0 Å². The summed E-state index contributed by atoms with van der Waals surface area (Å²) < 4.78 is 0. The van der Waals surface area contributed by atoms with Gasteiger partial charge >= 0.3 is 0 Å². The molecule has 0 radical (unpaired) electrons. The fourth-order valence-corrected chi connectivity index (χ4v) is 14.6. The predicted octanol–water partition coefficient (Wildman–Crippen LogP) is 8.69. The van der Waals surface area contributed by atoms with Gasteiger partial charge in [-0.05, 0) is 48.4 Å². The fraction of sp³-hybridized carbons (Fsp3) is 0.692. The third-order valence-electron chi connectivity index (χ3n) is 6.86. The van der Waals surface area contributed by atoms with Crippen molar-refractivity contribution in [2.75, 3.05) is 0 Å². The van der Waals surface area contributed by atoms with Gasteiger partial charge in [-0.25, -0.2) is 0 Å². The van der Waals surface area contributed by atoms with Crippen molar-refractivity contribution in [2.45, 2.75) is 117 Å². The average molecular weight is 447 g/mol. The zero-order valence-corrected chi connectivity index (χ0v) is 22.0. The Labute approximate surface area is 189 Å². The van der Waals surface area contributed by atoms with Crippen molar-refractivity contribution < 1.29 is 0 Å². The number of aryl methyl sites for hydroxylation is 2. The van der Waals surface area contributed by atoms with E-state index in [4.69, 9.17) is 0 Å². The summed E-state index contributed by atoms with van der Waals surface area (Å²) in [7, 11) is -1.55. The number of rotatable bonds is 14. The SMILES string of the molecule is CCCCCCCC[Si]1(CCCCCCCC)c2cc(C)sc2-c2sc(C)cc21. The van der Waals surface area contributed by atoms with Crippen LogP contribution >= 0.6 is 22.7 Å². The highest BCUT2D eigenvalue weighted by atomic mass is 32.1. The van der Waals surface area contributed by atoms with E-state index in [1.165, 1.54) is 98.9 Å². The normalized spacial score (nSPS) is 14.3. The molecular weight excluding hydrogens is 405 g/mol. The van der Waals surface area contributed by atoms with Crippen molar-refractivity contribution in [3.63, 3.8) is 0 Å². The first-order valence-electron chi connectivity index (χ1n) is 12.3. The van der Waals surface area contributed by atoms with Crippen LogP contribution < -0.4 is 10.4 Å². The molecule has 29 heavy (non-hydrogen) atoms. The molecule has 0 unspecified atom stereocenters. The molecule has 3 heterocycles. The van der Waals surface area contributed by atoms with E-state index in [-0.39, 0.29) is 0 Å². The second-order valence-corrected chi connectivity index (χ2v) is 16.1. The lowest BCUT2D eigenvalue weighted by Crippen LogP contribution is -2.54. The van der Waals surface area contributed by atoms with Crippen LogP contribution in [-0.4, -0.2) is 8.07 Å². The highest BCUT2D eigenvalue weighted by molar-refractivity contribution is 7.29. The molecular formula is C26H42S2Si. The highest BCUT2D eigenvalue weighted by Gasteiger charge is 2.46. The van der Waals surface area contributed by atoms with Gasteiger partial charge in [0.15, 0.2) is 0 Å². The van der Waals surface area contributed by atoms with Crippen molar-refractivity contribution in [3.05, 3.63) is 21.9 Å². The van der Waals surface area contributed by atoms with Crippen LogP contribution in [0.25, 0.3) is 9.75 Å². The summed E-state index contributed by atoms with van der Waals surface area (Å²) in [5.41, 5.74) is 0. The summed E-state index contributed by atoms with van der Waals surface area (Å²) in [5, 5.41) is 3.67. The summed E-state index contributed by atoms with van der Waals surface area (Å²) in [4.78, 5) is 6.43. The Balaban J connectivity index is 1.75. The molecule has 0 amide bonds. The van der Waals surface area contributed by atoms with Gasteiger partial charge in [-0.15, -0.1) is 22.7 Å². The van der Waals surface area contributed by atoms with Crippen LogP contribution in [0.1, 0.15) is 101 Å². The minimum absolute atomic E-state index is 1.35. The Morgan fingerprint density at radius 2 is 0.966 bits per heavy atom. The van der Waals surface area contributed by atoms with E-state index in [1.54, 1.807) is 9.75 Å².